The summed E-state index contributed by atoms with van der Waals surface area (Å²) >= 11 is 0. The lowest BCUT2D eigenvalue weighted by atomic mass is 9.98. The Bertz CT molecular complexity index is 1040. The summed E-state index contributed by atoms with van der Waals surface area (Å²) in [6.07, 6.45) is 0. The number of carbonyl (C=O) groups is 2. The SMILES string of the molecule is Cc1cc(OCC(=O)Oc2ccc(C(=O)c3ccc(F)cc3)cc2)ccc1C(C)C. The topological polar surface area (TPSA) is 52.6 Å². The number of aryl methyl sites for hydroxylation is 1. The second kappa shape index (κ2) is 9.35. The molecular formula is C25H23FO4. The molecule has 3 rings (SSSR count). The number of hydrogen-bond acceptors (Lipinski definition) is 4. The number of carbonyl (C=O) groups excluding carboxylic acids is 2. The first kappa shape index (κ1) is 21.2. The van der Waals surface area contributed by atoms with Gasteiger partial charge in [0.25, 0.3) is 0 Å². The molecule has 0 saturated heterocycles. The molecule has 30 heavy (non-hydrogen) atoms. The molecule has 0 N–H and O–H groups in total. The number of benzene rings is 3. The maximum atomic E-state index is 13.0. The van der Waals surface area contributed by atoms with Gasteiger partial charge in [0, 0.05) is 11.1 Å². The van der Waals surface area contributed by atoms with Gasteiger partial charge in [-0.2, -0.15) is 0 Å². The van der Waals surface area contributed by atoms with Gasteiger partial charge in [-0.1, -0.05) is 19.9 Å². The van der Waals surface area contributed by atoms with Crippen molar-refractivity contribution in [1.82, 2.24) is 0 Å². The van der Waals surface area contributed by atoms with E-state index in [0.29, 0.717) is 28.5 Å². The molecule has 0 atom stereocenters. The van der Waals surface area contributed by atoms with Gasteiger partial charge in [0.15, 0.2) is 12.4 Å². The van der Waals surface area contributed by atoms with Crippen LogP contribution in [0.1, 0.15) is 46.8 Å². The molecule has 0 radical (unpaired) electrons. The highest BCUT2D eigenvalue weighted by Crippen LogP contribution is 2.23. The largest absolute Gasteiger partial charge is 0.482 e. The van der Waals surface area contributed by atoms with Gasteiger partial charge in [0.2, 0.25) is 0 Å². The molecule has 3 aromatic carbocycles. The van der Waals surface area contributed by atoms with Crippen molar-refractivity contribution in [3.8, 4) is 11.5 Å². The molecule has 0 aromatic heterocycles. The summed E-state index contributed by atoms with van der Waals surface area (Å²) in [4.78, 5) is 24.5. The third kappa shape index (κ3) is 5.32. The lowest BCUT2D eigenvalue weighted by Crippen LogP contribution is -2.17. The fraction of sp³-hybridized carbons (Fsp3) is 0.200. The lowest BCUT2D eigenvalue weighted by molar-refractivity contribution is -0.136. The highest BCUT2D eigenvalue weighted by molar-refractivity contribution is 6.09. The molecule has 0 aliphatic rings. The molecular weight excluding hydrogens is 383 g/mol. The van der Waals surface area contributed by atoms with Crippen LogP contribution >= 0.6 is 0 Å². The molecule has 0 aliphatic heterocycles. The number of hydrogen-bond donors (Lipinski definition) is 0. The molecule has 0 saturated carbocycles. The first-order valence-electron chi connectivity index (χ1n) is 9.68. The molecule has 0 unspecified atom stereocenters. The third-order valence-electron chi connectivity index (χ3n) is 4.67. The first-order chi connectivity index (χ1) is 14.3. The molecule has 0 spiro atoms. The Balaban J connectivity index is 1.56. The van der Waals surface area contributed by atoms with Crippen LogP contribution in [0.25, 0.3) is 0 Å². The van der Waals surface area contributed by atoms with Crippen molar-refractivity contribution >= 4 is 11.8 Å². The Kier molecular flexibility index (Phi) is 6.62. The fourth-order valence-corrected chi connectivity index (χ4v) is 3.13. The van der Waals surface area contributed by atoms with Gasteiger partial charge in [-0.25, -0.2) is 9.18 Å². The van der Waals surface area contributed by atoms with Crippen LogP contribution in [0.3, 0.4) is 0 Å². The minimum Gasteiger partial charge on any atom is -0.482 e. The Morgan fingerprint density at radius 3 is 2.00 bits per heavy atom. The van der Waals surface area contributed by atoms with E-state index in [1.54, 1.807) is 12.1 Å². The van der Waals surface area contributed by atoms with Gasteiger partial charge in [-0.05, 0) is 84.6 Å². The number of rotatable bonds is 7. The molecule has 0 bridgehead atoms. The van der Waals surface area contributed by atoms with Crippen LogP contribution in [0.2, 0.25) is 0 Å². The van der Waals surface area contributed by atoms with Crippen LogP contribution in [-0.4, -0.2) is 18.4 Å². The highest BCUT2D eigenvalue weighted by atomic mass is 19.1. The second-order valence-corrected chi connectivity index (χ2v) is 7.30. The molecule has 0 heterocycles. The van der Waals surface area contributed by atoms with Gasteiger partial charge in [0.1, 0.15) is 17.3 Å². The van der Waals surface area contributed by atoms with Gasteiger partial charge in [0.05, 0.1) is 0 Å². The Morgan fingerprint density at radius 2 is 1.43 bits per heavy atom. The molecule has 154 valence electrons. The van der Waals surface area contributed by atoms with Gasteiger partial charge in [-0.15, -0.1) is 0 Å². The Labute approximate surface area is 175 Å². The minimum atomic E-state index is -0.543. The minimum absolute atomic E-state index is 0.225. The number of ketones is 1. The summed E-state index contributed by atoms with van der Waals surface area (Å²) in [6, 6.07) is 17.3. The normalized spacial score (nSPS) is 10.7. The summed E-state index contributed by atoms with van der Waals surface area (Å²) in [7, 11) is 0. The monoisotopic (exact) mass is 406 g/mol. The zero-order valence-corrected chi connectivity index (χ0v) is 17.1. The van der Waals surface area contributed by atoms with Crippen LogP contribution in [0, 0.1) is 12.7 Å². The second-order valence-electron chi connectivity index (χ2n) is 7.30. The van der Waals surface area contributed by atoms with Crippen LogP contribution in [0.5, 0.6) is 11.5 Å². The van der Waals surface area contributed by atoms with Gasteiger partial charge >= 0.3 is 5.97 Å². The van der Waals surface area contributed by atoms with E-state index in [2.05, 4.69) is 13.8 Å². The fourth-order valence-electron chi connectivity index (χ4n) is 3.13. The molecule has 0 amide bonds. The van der Waals surface area contributed by atoms with E-state index in [1.807, 2.05) is 25.1 Å². The van der Waals surface area contributed by atoms with Crippen molar-refractivity contribution < 1.29 is 23.5 Å². The summed E-state index contributed by atoms with van der Waals surface area (Å²) < 4.78 is 23.8. The summed E-state index contributed by atoms with van der Waals surface area (Å²) in [5, 5.41) is 0. The smallest absolute Gasteiger partial charge is 0.349 e. The molecule has 0 aliphatic carbocycles. The molecule has 5 heteroatoms. The number of ether oxygens (including phenoxy) is 2. The maximum Gasteiger partial charge on any atom is 0.349 e. The summed E-state index contributed by atoms with van der Waals surface area (Å²) in [6.45, 7) is 6.03. The van der Waals surface area contributed by atoms with E-state index in [-0.39, 0.29) is 12.4 Å². The highest BCUT2D eigenvalue weighted by Gasteiger charge is 2.12. The van der Waals surface area contributed by atoms with E-state index in [0.717, 1.165) is 5.56 Å². The number of halogens is 1. The van der Waals surface area contributed by atoms with E-state index >= 15 is 0 Å². The van der Waals surface area contributed by atoms with Crippen molar-refractivity contribution in [3.63, 3.8) is 0 Å². The van der Waals surface area contributed by atoms with E-state index in [4.69, 9.17) is 9.47 Å². The van der Waals surface area contributed by atoms with Crippen LogP contribution in [0.15, 0.2) is 66.7 Å². The van der Waals surface area contributed by atoms with Crippen LogP contribution in [-0.2, 0) is 4.79 Å². The third-order valence-corrected chi connectivity index (χ3v) is 4.67. The van der Waals surface area contributed by atoms with Crippen molar-refractivity contribution in [2.24, 2.45) is 0 Å². The molecule has 3 aromatic rings. The average molecular weight is 406 g/mol. The summed E-state index contributed by atoms with van der Waals surface area (Å²) in [5.41, 5.74) is 3.14. The van der Waals surface area contributed by atoms with Crippen molar-refractivity contribution in [2.45, 2.75) is 26.7 Å². The number of esters is 1. The van der Waals surface area contributed by atoms with Crippen LogP contribution < -0.4 is 9.47 Å². The predicted molar refractivity (Wildman–Crippen MR) is 113 cm³/mol. The van der Waals surface area contributed by atoms with Gasteiger partial charge in [-0.3, -0.25) is 4.79 Å². The zero-order valence-electron chi connectivity index (χ0n) is 17.1. The standard InChI is InChI=1S/C25H23FO4/c1-16(2)23-13-12-22(14-17(23)3)29-15-24(27)30-21-10-6-19(7-11-21)25(28)18-4-8-20(26)9-5-18/h4-14,16H,15H2,1-3H3. The zero-order chi connectivity index (χ0) is 21.7. The van der Waals surface area contributed by atoms with Crippen molar-refractivity contribution in [1.29, 1.82) is 0 Å². The van der Waals surface area contributed by atoms with E-state index in [9.17, 15) is 14.0 Å². The molecule has 4 nitrogen and oxygen atoms in total. The molecule has 0 fully saturated rings. The lowest BCUT2D eigenvalue weighted by Gasteiger charge is -2.12. The summed E-state index contributed by atoms with van der Waals surface area (Å²) in [5.74, 6) is 0.151. The van der Waals surface area contributed by atoms with Crippen molar-refractivity contribution in [3.05, 3.63) is 94.8 Å². The Hall–Kier alpha value is -3.47. The van der Waals surface area contributed by atoms with Gasteiger partial charge < -0.3 is 9.47 Å². The maximum absolute atomic E-state index is 13.0. The quantitative estimate of drug-likeness (QED) is 0.296. The predicted octanol–water partition coefficient (Wildman–Crippen LogP) is 5.47. The van der Waals surface area contributed by atoms with E-state index in [1.165, 1.54) is 42.0 Å². The first-order valence-corrected chi connectivity index (χ1v) is 9.68. The van der Waals surface area contributed by atoms with E-state index < -0.39 is 11.8 Å². The Morgan fingerprint density at radius 1 is 0.867 bits per heavy atom. The average Bonchev–Trinajstić information content (AvgIpc) is 2.72. The van der Waals surface area contributed by atoms with Crippen LogP contribution in [0.4, 0.5) is 4.39 Å². The van der Waals surface area contributed by atoms with Crippen molar-refractivity contribution in [2.75, 3.05) is 6.61 Å².